The molecule has 7 heteroatoms. The molecule has 3 aromatic rings. The summed E-state index contributed by atoms with van der Waals surface area (Å²) in [6, 6.07) is 12.9. The van der Waals surface area contributed by atoms with Gasteiger partial charge in [-0.25, -0.2) is 0 Å². The van der Waals surface area contributed by atoms with Crippen LogP contribution < -0.4 is 10.1 Å². The fourth-order valence-electron chi connectivity index (χ4n) is 2.89. The summed E-state index contributed by atoms with van der Waals surface area (Å²) in [5.74, 6) is 0.549. The van der Waals surface area contributed by atoms with Crippen LogP contribution in [0.5, 0.6) is 5.75 Å². The molecule has 0 bridgehead atoms. The highest BCUT2D eigenvalue weighted by Gasteiger charge is 2.14. The fraction of sp³-hybridized carbons (Fsp3) is 0.182. The summed E-state index contributed by atoms with van der Waals surface area (Å²) in [6.07, 6.45) is 3.25. The Morgan fingerprint density at radius 1 is 1.14 bits per heavy atom. The van der Waals surface area contributed by atoms with Gasteiger partial charge in [0.1, 0.15) is 5.75 Å². The molecule has 1 heterocycles. The van der Waals surface area contributed by atoms with Crippen molar-refractivity contribution < 1.29 is 9.53 Å². The maximum atomic E-state index is 12.4. The lowest BCUT2D eigenvalue weighted by molar-refractivity contribution is -0.111. The smallest absolute Gasteiger partial charge is 0.248 e. The lowest BCUT2D eigenvalue weighted by Gasteiger charge is -2.07. The van der Waals surface area contributed by atoms with E-state index < -0.39 is 0 Å². The van der Waals surface area contributed by atoms with Crippen molar-refractivity contribution in [2.75, 3.05) is 12.4 Å². The Morgan fingerprint density at radius 2 is 1.86 bits per heavy atom. The van der Waals surface area contributed by atoms with E-state index in [-0.39, 0.29) is 5.91 Å². The summed E-state index contributed by atoms with van der Waals surface area (Å²) in [4.78, 5) is 12.4. The van der Waals surface area contributed by atoms with Crippen molar-refractivity contribution in [3.63, 3.8) is 0 Å². The van der Waals surface area contributed by atoms with E-state index in [1.165, 1.54) is 6.08 Å². The molecule has 1 aromatic heterocycles. The second-order valence-corrected chi connectivity index (χ2v) is 7.36. The number of rotatable bonds is 6. The van der Waals surface area contributed by atoms with E-state index in [2.05, 4.69) is 10.4 Å². The molecule has 0 saturated carbocycles. The molecule has 0 fully saturated rings. The second kappa shape index (κ2) is 9.16. The second-order valence-electron chi connectivity index (χ2n) is 6.55. The van der Waals surface area contributed by atoms with Crippen LogP contribution in [0.2, 0.25) is 10.0 Å². The van der Waals surface area contributed by atoms with Gasteiger partial charge in [0.05, 0.1) is 40.8 Å². The first-order chi connectivity index (χ1) is 13.9. The number of carbonyl (C=O) groups excluding carboxylic acids is 1. The lowest BCUT2D eigenvalue weighted by atomic mass is 10.2. The molecule has 1 amide bonds. The molecule has 1 N–H and O–H groups in total. The molecule has 3 rings (SSSR count). The van der Waals surface area contributed by atoms with Gasteiger partial charge in [-0.1, -0.05) is 41.4 Å². The largest absolute Gasteiger partial charge is 0.497 e. The SMILES string of the molecule is COc1ccc(/C=C/C(=O)Nc2c(C)nn(Cc3ccc(Cl)c(Cl)c3)c2C)cc1. The normalized spacial score (nSPS) is 11.1. The summed E-state index contributed by atoms with van der Waals surface area (Å²) in [6.45, 7) is 4.31. The van der Waals surface area contributed by atoms with E-state index in [4.69, 9.17) is 27.9 Å². The number of hydrogen-bond acceptors (Lipinski definition) is 3. The number of hydrogen-bond donors (Lipinski definition) is 1. The minimum Gasteiger partial charge on any atom is -0.497 e. The lowest BCUT2D eigenvalue weighted by Crippen LogP contribution is -2.10. The highest BCUT2D eigenvalue weighted by Crippen LogP contribution is 2.25. The Morgan fingerprint density at radius 3 is 2.52 bits per heavy atom. The van der Waals surface area contributed by atoms with E-state index in [0.29, 0.717) is 22.3 Å². The van der Waals surface area contributed by atoms with Crippen molar-refractivity contribution in [3.8, 4) is 5.75 Å². The molecular weight excluding hydrogens is 409 g/mol. The molecule has 0 aliphatic heterocycles. The average molecular weight is 430 g/mol. The minimum atomic E-state index is -0.221. The molecule has 0 aliphatic rings. The van der Waals surface area contributed by atoms with Gasteiger partial charge in [-0.15, -0.1) is 0 Å². The minimum absolute atomic E-state index is 0.221. The Kier molecular flexibility index (Phi) is 6.62. The van der Waals surface area contributed by atoms with E-state index in [0.717, 1.165) is 28.3 Å². The molecule has 0 aliphatic carbocycles. The van der Waals surface area contributed by atoms with Crippen LogP contribution in [0.3, 0.4) is 0 Å². The van der Waals surface area contributed by atoms with Gasteiger partial charge in [-0.2, -0.15) is 5.10 Å². The van der Waals surface area contributed by atoms with E-state index in [1.54, 1.807) is 19.3 Å². The van der Waals surface area contributed by atoms with Gasteiger partial charge in [0.2, 0.25) is 5.91 Å². The quantitative estimate of drug-likeness (QED) is 0.525. The van der Waals surface area contributed by atoms with Crippen LogP contribution >= 0.6 is 23.2 Å². The predicted molar refractivity (Wildman–Crippen MR) is 118 cm³/mol. The topological polar surface area (TPSA) is 56.1 Å². The van der Waals surface area contributed by atoms with Crippen molar-refractivity contribution in [1.29, 1.82) is 0 Å². The first kappa shape index (κ1) is 21.0. The molecule has 0 saturated heterocycles. The van der Waals surface area contributed by atoms with Crippen LogP contribution in [0.15, 0.2) is 48.5 Å². The zero-order chi connectivity index (χ0) is 21.0. The van der Waals surface area contributed by atoms with Crippen LogP contribution in [-0.4, -0.2) is 22.8 Å². The Balaban J connectivity index is 1.71. The van der Waals surface area contributed by atoms with Crippen molar-refractivity contribution in [3.05, 3.63) is 81.1 Å². The van der Waals surface area contributed by atoms with Crippen molar-refractivity contribution >= 4 is 40.9 Å². The van der Waals surface area contributed by atoms with Crippen LogP contribution in [0.4, 0.5) is 5.69 Å². The molecule has 0 spiro atoms. The van der Waals surface area contributed by atoms with E-state index in [9.17, 15) is 4.79 Å². The summed E-state index contributed by atoms with van der Waals surface area (Å²) in [7, 11) is 1.62. The number of aromatic nitrogens is 2. The number of nitrogens with one attached hydrogen (secondary N) is 1. The number of halogens is 2. The standard InChI is InChI=1S/C22H21Cl2N3O2/c1-14-22(25-21(28)11-7-16-4-8-18(29-3)9-5-16)15(2)27(26-14)13-17-6-10-19(23)20(24)12-17/h4-12H,13H2,1-3H3,(H,25,28)/b11-7+. The Labute approximate surface area is 179 Å². The molecule has 5 nitrogen and oxygen atoms in total. The van der Waals surface area contributed by atoms with Gasteiger partial charge >= 0.3 is 0 Å². The molecule has 29 heavy (non-hydrogen) atoms. The van der Waals surface area contributed by atoms with Gasteiger partial charge in [0.25, 0.3) is 0 Å². The molecular formula is C22H21Cl2N3O2. The molecule has 0 radical (unpaired) electrons. The molecule has 0 unspecified atom stereocenters. The number of anilines is 1. The third kappa shape index (κ3) is 5.19. The maximum absolute atomic E-state index is 12.4. The monoisotopic (exact) mass is 429 g/mol. The van der Waals surface area contributed by atoms with Crippen LogP contribution in [0.25, 0.3) is 6.08 Å². The number of ether oxygens (including phenoxy) is 1. The van der Waals surface area contributed by atoms with Crippen LogP contribution in [-0.2, 0) is 11.3 Å². The number of aryl methyl sites for hydroxylation is 1. The van der Waals surface area contributed by atoms with Crippen LogP contribution in [0.1, 0.15) is 22.5 Å². The Bertz CT molecular complexity index is 1060. The third-order valence-electron chi connectivity index (χ3n) is 4.49. The third-order valence-corrected chi connectivity index (χ3v) is 5.23. The van der Waals surface area contributed by atoms with E-state index >= 15 is 0 Å². The zero-order valence-corrected chi connectivity index (χ0v) is 17.9. The molecule has 150 valence electrons. The summed E-state index contributed by atoms with van der Waals surface area (Å²) in [5.41, 5.74) is 4.19. The first-order valence-electron chi connectivity index (χ1n) is 8.98. The molecule has 0 atom stereocenters. The fourth-order valence-corrected chi connectivity index (χ4v) is 3.22. The summed E-state index contributed by atoms with van der Waals surface area (Å²) < 4.78 is 6.96. The molecule has 2 aromatic carbocycles. The number of carbonyl (C=O) groups is 1. The van der Waals surface area contributed by atoms with Crippen molar-refractivity contribution in [1.82, 2.24) is 9.78 Å². The number of methoxy groups -OCH3 is 1. The maximum Gasteiger partial charge on any atom is 0.248 e. The summed E-state index contributed by atoms with van der Waals surface area (Å²) in [5, 5.41) is 8.47. The van der Waals surface area contributed by atoms with Gasteiger partial charge in [0, 0.05) is 6.08 Å². The van der Waals surface area contributed by atoms with Crippen molar-refractivity contribution in [2.24, 2.45) is 0 Å². The van der Waals surface area contributed by atoms with Crippen LogP contribution in [0, 0.1) is 13.8 Å². The van der Waals surface area contributed by atoms with E-state index in [1.807, 2.05) is 54.9 Å². The van der Waals surface area contributed by atoms with Gasteiger partial charge in [-0.05, 0) is 55.3 Å². The zero-order valence-electron chi connectivity index (χ0n) is 16.4. The highest BCUT2D eigenvalue weighted by atomic mass is 35.5. The van der Waals surface area contributed by atoms with Gasteiger partial charge in [-0.3, -0.25) is 9.48 Å². The Hall–Kier alpha value is -2.76. The van der Waals surface area contributed by atoms with Gasteiger partial charge in [0.15, 0.2) is 0 Å². The van der Waals surface area contributed by atoms with Crippen molar-refractivity contribution in [2.45, 2.75) is 20.4 Å². The number of amides is 1. The first-order valence-corrected chi connectivity index (χ1v) is 9.74. The van der Waals surface area contributed by atoms with Gasteiger partial charge < -0.3 is 10.1 Å². The summed E-state index contributed by atoms with van der Waals surface area (Å²) >= 11 is 12.1. The predicted octanol–water partition coefficient (Wildman–Crippen LogP) is 5.52. The highest BCUT2D eigenvalue weighted by molar-refractivity contribution is 6.42. The number of benzene rings is 2. The average Bonchev–Trinajstić information content (AvgIpc) is 2.97. The number of nitrogens with zero attached hydrogens (tertiary/aromatic N) is 2.